The Morgan fingerprint density at radius 1 is 0.336 bits per heavy atom. The molecule has 8 N–H and O–H groups in total. The number of amidine groups is 4. The van der Waals surface area contributed by atoms with Gasteiger partial charge >= 0.3 is 0 Å². The molecule has 4 atom stereocenters. The second-order valence-corrected chi connectivity index (χ2v) is 42.4. The number of hydrogen-bond donors (Lipinski definition) is 4. The second-order valence-electron chi connectivity index (χ2n) is 32.2. The van der Waals surface area contributed by atoms with Crippen molar-refractivity contribution in [3.8, 4) is 65.4 Å². The van der Waals surface area contributed by atoms with Crippen LogP contribution in [0.5, 0.6) is 0 Å². The number of thiophene rings is 4. The summed E-state index contributed by atoms with van der Waals surface area (Å²) in [5.41, 5.74) is 36.8. The van der Waals surface area contributed by atoms with Crippen LogP contribution in [0.1, 0.15) is 249 Å². The minimum Gasteiger partial charge on any atom is -0.378 e. The lowest BCUT2D eigenvalue weighted by Crippen LogP contribution is -2.43. The maximum atomic E-state index is 7.23. The molecule has 572 valence electrons. The first-order valence-electron chi connectivity index (χ1n) is 38.8. The number of pyridine rings is 4. The number of hydrogen-bond acceptors (Lipinski definition) is 20. The first-order chi connectivity index (χ1) is 52.7. The number of aromatic nitrogens is 4. The van der Waals surface area contributed by atoms with Crippen LogP contribution in [-0.4, -0.2) is 59.6 Å². The van der Waals surface area contributed by atoms with E-state index >= 15 is 0 Å². The van der Waals surface area contributed by atoms with Gasteiger partial charge in [0, 0.05) is 130 Å². The fraction of sp³-hybridized carbons (Fsp3) is 0.477. The standard InChI is InChI=1S/2C23H27N3S2.2C21H24N4S2/c2*1-4-8-17-12-18(14-25-13-17)19-11-16(2)20(27-19)22(3)15-23(28-21(24)26-22)9-6-5-7-10-23;2*1-14-9-17(15-10-16(23-3)12-24-11-15)26-18(14)20(2)13-21(27-19(22)25-20)7-5-4-6-8-21/h2*11-14H,5-7,9-10,15H2,1-3H3,(H2,24,26);2*9-12H,4-8,13H2,1-2H3,(H2,22,25)/t22-;;20-;/m0.0./s1. The van der Waals surface area contributed by atoms with Crippen molar-refractivity contribution in [2.24, 2.45) is 42.9 Å². The first-order valence-corrected chi connectivity index (χ1v) is 45.3. The zero-order valence-corrected chi connectivity index (χ0v) is 71.8. The summed E-state index contributed by atoms with van der Waals surface area (Å²) in [6, 6.07) is 17.0. The van der Waals surface area contributed by atoms with Crippen molar-refractivity contribution in [2.75, 3.05) is 0 Å². The lowest BCUT2D eigenvalue weighted by Gasteiger charge is -2.45. The molecule has 12 heterocycles. The zero-order valence-electron chi connectivity index (χ0n) is 65.3. The minimum atomic E-state index is -0.273. The van der Waals surface area contributed by atoms with Gasteiger partial charge in [-0.2, -0.15) is 0 Å². The Labute approximate surface area is 685 Å². The van der Waals surface area contributed by atoms with Gasteiger partial charge in [0.05, 0.1) is 35.3 Å². The number of rotatable bonds is 8. The summed E-state index contributed by atoms with van der Waals surface area (Å²) in [4.78, 5) is 54.1. The molecule has 8 aromatic rings. The Morgan fingerprint density at radius 3 is 0.809 bits per heavy atom. The molecule has 4 spiro atoms. The van der Waals surface area contributed by atoms with Gasteiger partial charge in [0.25, 0.3) is 0 Å². The molecule has 8 aromatic heterocycles. The van der Waals surface area contributed by atoms with Crippen LogP contribution in [0.15, 0.2) is 118 Å². The van der Waals surface area contributed by atoms with Crippen molar-refractivity contribution in [1.82, 2.24) is 19.9 Å². The van der Waals surface area contributed by atoms with E-state index in [2.05, 4.69) is 145 Å². The molecule has 4 fully saturated rings. The summed E-state index contributed by atoms with van der Waals surface area (Å²) in [6.07, 6.45) is 44.3. The van der Waals surface area contributed by atoms with Crippen LogP contribution in [0.2, 0.25) is 0 Å². The fourth-order valence-electron chi connectivity index (χ4n) is 18.6. The quantitative estimate of drug-likeness (QED) is 0.0826. The van der Waals surface area contributed by atoms with Crippen LogP contribution in [0.3, 0.4) is 0 Å². The molecule has 4 saturated carbocycles. The van der Waals surface area contributed by atoms with Crippen molar-refractivity contribution in [1.29, 1.82) is 0 Å². The van der Waals surface area contributed by atoms with Crippen molar-refractivity contribution in [3.63, 3.8) is 0 Å². The van der Waals surface area contributed by atoms with Crippen LogP contribution in [0, 0.1) is 64.5 Å². The Bertz CT molecular complexity index is 4750. The van der Waals surface area contributed by atoms with E-state index in [0.717, 1.165) is 89.5 Å². The molecular weight excluding hydrogens is 1510 g/mol. The number of thioether (sulfide) groups is 4. The molecule has 0 radical (unpaired) electrons. The number of aliphatic imine (C=N–C) groups is 4. The molecule has 2 unspecified atom stereocenters. The van der Waals surface area contributed by atoms with Gasteiger partial charge in [-0.15, -0.1) is 57.2 Å². The van der Waals surface area contributed by atoms with E-state index in [0.29, 0.717) is 11.4 Å². The highest BCUT2D eigenvalue weighted by molar-refractivity contribution is 8.15. The lowest BCUT2D eigenvalue weighted by atomic mass is 9.78. The average Bonchev–Trinajstić information content (AvgIpc) is 1.46. The number of nitrogens with two attached hydrogens (primary N) is 4. The van der Waals surface area contributed by atoms with Crippen molar-refractivity contribution < 1.29 is 0 Å². The van der Waals surface area contributed by atoms with E-state index in [9.17, 15) is 0 Å². The van der Waals surface area contributed by atoms with E-state index < -0.39 is 0 Å². The number of aryl methyl sites for hydroxylation is 4. The smallest absolute Gasteiger partial charge is 0.205 e. The molecule has 22 heteroatoms. The van der Waals surface area contributed by atoms with Crippen LogP contribution in [0.25, 0.3) is 51.5 Å². The van der Waals surface area contributed by atoms with Crippen LogP contribution >= 0.6 is 92.4 Å². The van der Waals surface area contributed by atoms with Gasteiger partial charge in [-0.1, -0.05) is 136 Å². The summed E-state index contributed by atoms with van der Waals surface area (Å²) in [6.45, 7) is 35.9. The van der Waals surface area contributed by atoms with Crippen LogP contribution in [-0.2, 0) is 22.2 Å². The minimum absolute atomic E-state index is 0.237. The Morgan fingerprint density at radius 2 is 0.573 bits per heavy atom. The van der Waals surface area contributed by atoms with Gasteiger partial charge in [-0.25, -0.2) is 9.69 Å². The molecule has 4 aliphatic carbocycles. The van der Waals surface area contributed by atoms with Crippen LogP contribution in [0.4, 0.5) is 11.4 Å². The van der Waals surface area contributed by atoms with Gasteiger partial charge in [0.15, 0.2) is 20.7 Å². The molecule has 0 aromatic carbocycles. The third kappa shape index (κ3) is 18.2. The van der Waals surface area contributed by atoms with Gasteiger partial charge in [-0.05, 0) is 228 Å². The van der Waals surface area contributed by atoms with Crippen molar-refractivity contribution >= 4 is 124 Å². The average molecular weight is 1610 g/mol. The summed E-state index contributed by atoms with van der Waals surface area (Å²) >= 11 is 14.5. The van der Waals surface area contributed by atoms with Crippen LogP contribution < -0.4 is 22.9 Å². The molecular formula is C88H102N14S8. The largest absolute Gasteiger partial charge is 0.378 e. The SMILES string of the molecule is CC#Cc1cncc(-c2cc(C)c(C3(C)CC4(CCCCC4)SC(N)=N3)s2)c1.CC#Cc1cncc(-c2cc(C)c([C@]3(C)CC4(CCCCC4)SC(N)=N3)s2)c1.[C-]#[N+]c1cncc(-c2cc(C)c(C3(C)CC4(CCCCC4)SC(N)=N3)s2)c1.[C-]#[N+]c1cncc(-c2cc(C)c([C@]3(C)CC4(CCCCC4)SC(N)=N3)s2)c1. The summed E-state index contributed by atoms with van der Waals surface area (Å²) in [7, 11) is 0. The Balaban J connectivity index is 0.000000129. The summed E-state index contributed by atoms with van der Waals surface area (Å²) < 4.78 is 0.989. The first kappa shape index (κ1) is 80.8. The van der Waals surface area contributed by atoms with Gasteiger partial charge in [0.2, 0.25) is 11.4 Å². The van der Waals surface area contributed by atoms with Gasteiger partial charge in [-0.3, -0.25) is 39.9 Å². The monoisotopic (exact) mass is 1610 g/mol. The predicted molar refractivity (Wildman–Crippen MR) is 475 cm³/mol. The molecule has 0 amide bonds. The van der Waals surface area contributed by atoms with Crippen molar-refractivity contribution in [3.05, 3.63) is 174 Å². The highest BCUT2D eigenvalue weighted by atomic mass is 32.2. The predicted octanol–water partition coefficient (Wildman–Crippen LogP) is 23.8. The highest BCUT2D eigenvalue weighted by Crippen LogP contribution is 2.59. The lowest BCUT2D eigenvalue weighted by molar-refractivity contribution is 0.305. The fourth-order valence-corrected chi connectivity index (χ4v) is 29.8. The third-order valence-corrected chi connectivity index (χ3v) is 34.2. The topological polar surface area (TPSA) is 214 Å². The summed E-state index contributed by atoms with van der Waals surface area (Å²) in [5.74, 6) is 12.1. The molecule has 16 rings (SSSR count). The maximum absolute atomic E-state index is 7.23. The Hall–Kier alpha value is -7.22. The van der Waals surface area contributed by atoms with E-state index in [1.54, 1.807) is 35.1 Å². The molecule has 110 heavy (non-hydrogen) atoms. The maximum Gasteiger partial charge on any atom is 0.205 e. The number of nitrogens with zero attached hydrogens (tertiary/aromatic N) is 10. The van der Waals surface area contributed by atoms with E-state index in [1.807, 2.05) is 133 Å². The van der Waals surface area contributed by atoms with Gasteiger partial charge < -0.3 is 22.9 Å². The van der Waals surface area contributed by atoms with Crippen molar-refractivity contribution in [2.45, 2.75) is 264 Å². The molecule has 0 bridgehead atoms. The van der Waals surface area contributed by atoms with E-state index in [4.69, 9.17) is 56.0 Å². The molecule has 4 aliphatic heterocycles. The molecule has 0 saturated heterocycles. The highest BCUT2D eigenvalue weighted by Gasteiger charge is 2.51. The third-order valence-electron chi connectivity index (χ3n) is 22.9. The van der Waals surface area contributed by atoms with E-state index in [1.165, 1.54) is 180 Å². The Kier molecular flexibility index (Phi) is 24.9. The zero-order chi connectivity index (χ0) is 77.7. The summed E-state index contributed by atoms with van der Waals surface area (Å²) in [5, 5.41) is 2.98. The normalized spacial score (nSPS) is 24.1. The molecule has 14 nitrogen and oxygen atoms in total. The van der Waals surface area contributed by atoms with E-state index in [-0.39, 0.29) is 41.1 Å². The molecule has 8 aliphatic rings. The second kappa shape index (κ2) is 33.8. The van der Waals surface area contributed by atoms with Gasteiger partial charge in [0.1, 0.15) is 0 Å².